The molecule has 8 aromatic rings. The van der Waals surface area contributed by atoms with Gasteiger partial charge in [-0.25, -0.2) is 14.8 Å². The third-order valence-corrected chi connectivity index (χ3v) is 7.96. The second kappa shape index (κ2) is 19.1. The average Bonchev–Trinajstić information content (AvgIpc) is 4.09. The molecule has 17 heteroatoms. The van der Waals surface area contributed by atoms with Crippen LogP contribution in [0.4, 0.5) is 0 Å². The molecule has 0 atom stereocenters. The van der Waals surface area contributed by atoms with Crippen LogP contribution in [0, 0.1) is 13.8 Å². The van der Waals surface area contributed by atoms with E-state index in [1.807, 2.05) is 66.7 Å². The highest BCUT2D eigenvalue weighted by Crippen LogP contribution is 2.19. The Morgan fingerprint density at radius 2 is 1.09 bits per heavy atom. The van der Waals surface area contributed by atoms with Gasteiger partial charge in [0.25, 0.3) is 5.91 Å². The molecule has 0 aliphatic carbocycles. The molecule has 1 amide bonds. The second-order valence-corrected chi connectivity index (χ2v) is 12.2. The molecule has 4 aromatic carbocycles. The maximum absolute atomic E-state index is 12.4. The summed E-state index contributed by atoms with van der Waals surface area (Å²) in [5.41, 5.74) is 9.48. The van der Waals surface area contributed by atoms with Crippen LogP contribution in [-0.2, 0) is 12.8 Å². The molecule has 0 radical (unpaired) electrons. The number of rotatable bonds is 11. The van der Waals surface area contributed by atoms with Crippen LogP contribution in [0.15, 0.2) is 118 Å². The van der Waals surface area contributed by atoms with Crippen molar-refractivity contribution in [1.82, 2.24) is 56.0 Å². The molecule has 57 heavy (non-hydrogen) atoms. The molecule has 0 aliphatic heterocycles. The monoisotopic (exact) mass is 766 g/mol. The molecule has 0 bridgehead atoms. The summed E-state index contributed by atoms with van der Waals surface area (Å²) in [6.07, 6.45) is 1.29. The van der Waals surface area contributed by atoms with Gasteiger partial charge in [0.15, 0.2) is 11.6 Å². The van der Waals surface area contributed by atoms with E-state index >= 15 is 0 Å². The Labute approximate surface area is 325 Å². The number of hydrogen-bond acceptors (Lipinski definition) is 13. The zero-order chi connectivity index (χ0) is 40.0. The third-order valence-electron chi connectivity index (χ3n) is 7.96. The molecular formula is C40H38N12O5. The number of aromatic amines is 2. The summed E-state index contributed by atoms with van der Waals surface area (Å²) in [5, 5.41) is 33.4. The normalized spacial score (nSPS) is 10.5. The minimum atomic E-state index is -0.975. The van der Waals surface area contributed by atoms with Gasteiger partial charge < -0.3 is 25.2 Å². The van der Waals surface area contributed by atoms with Crippen molar-refractivity contribution in [3.63, 3.8) is 0 Å². The molecule has 0 fully saturated rings. The van der Waals surface area contributed by atoms with E-state index in [1.54, 1.807) is 44.2 Å². The van der Waals surface area contributed by atoms with Gasteiger partial charge in [0, 0.05) is 61.1 Å². The first kappa shape index (κ1) is 39.0. The molecular weight excluding hydrogens is 729 g/mol. The smallest absolute Gasteiger partial charge is 0.335 e. The van der Waals surface area contributed by atoms with Gasteiger partial charge in [0.2, 0.25) is 23.4 Å². The Bertz CT molecular complexity index is 2510. The standard InChI is InChI=1S/C20H18N6O2.C10H12N4.C10H8N2O3/c1-13-22-19(26-28-13)15-8-5-9-16(12-15)20(27)21-11-10-17-23-18(25-24-17)14-6-3-2-4-7-14;11-7-6-9-12-10(14-13-9)8-4-2-1-3-5-8;1-6-11-9(12-15-6)7-3-2-4-8(5-7)10(13)14/h2-9,12H,10-11H2,1H3,(H,21,27)(H,23,24,25);1-5H,6-7,11H2,(H,12,13,14);2-5H,1H3,(H,13,14). The van der Waals surface area contributed by atoms with E-state index in [4.69, 9.17) is 19.9 Å². The lowest BCUT2D eigenvalue weighted by atomic mass is 10.1. The molecule has 0 saturated carbocycles. The number of H-pyrrole nitrogens is 2. The number of aromatic carboxylic acids is 1. The van der Waals surface area contributed by atoms with Crippen LogP contribution in [0.1, 0.15) is 44.1 Å². The molecule has 0 aliphatic rings. The molecule has 0 unspecified atom stereocenters. The number of nitrogens with zero attached hydrogens (tertiary/aromatic N) is 8. The number of nitrogens with two attached hydrogens (primary N) is 1. The lowest BCUT2D eigenvalue weighted by Crippen LogP contribution is -2.26. The summed E-state index contributed by atoms with van der Waals surface area (Å²) in [6, 6.07) is 33.1. The van der Waals surface area contributed by atoms with Crippen molar-refractivity contribution in [2.75, 3.05) is 13.1 Å². The van der Waals surface area contributed by atoms with E-state index in [2.05, 4.69) is 56.0 Å². The predicted octanol–water partition coefficient (Wildman–Crippen LogP) is 5.52. The fourth-order valence-corrected chi connectivity index (χ4v) is 5.20. The minimum absolute atomic E-state index is 0.176. The number of aromatic nitrogens is 10. The first-order chi connectivity index (χ1) is 27.7. The summed E-state index contributed by atoms with van der Waals surface area (Å²) in [4.78, 5) is 40.1. The van der Waals surface area contributed by atoms with Crippen LogP contribution in [0.2, 0.25) is 0 Å². The lowest BCUT2D eigenvalue weighted by molar-refractivity contribution is 0.0696. The molecule has 4 heterocycles. The molecule has 17 nitrogen and oxygen atoms in total. The Morgan fingerprint density at radius 3 is 1.56 bits per heavy atom. The Balaban J connectivity index is 0.000000159. The first-order valence-electron chi connectivity index (χ1n) is 17.7. The first-order valence-corrected chi connectivity index (χ1v) is 17.7. The predicted molar refractivity (Wildman–Crippen MR) is 208 cm³/mol. The number of benzene rings is 4. The van der Waals surface area contributed by atoms with E-state index in [9.17, 15) is 9.59 Å². The summed E-state index contributed by atoms with van der Waals surface area (Å²) >= 11 is 0. The van der Waals surface area contributed by atoms with Crippen LogP contribution >= 0.6 is 0 Å². The SMILES string of the molecule is Cc1nc(-c2cccc(C(=O)NCCc3nc(-c4ccccc4)n[nH]3)c2)no1.Cc1nc(-c2cccc(C(=O)O)c2)no1.NCCc1nc(-c2ccccc2)n[nH]1. The van der Waals surface area contributed by atoms with Gasteiger partial charge >= 0.3 is 5.97 Å². The van der Waals surface area contributed by atoms with Crippen molar-refractivity contribution in [1.29, 1.82) is 0 Å². The fraction of sp³-hybridized carbons (Fsp3) is 0.150. The number of carboxylic acid groups (broad SMARTS) is 1. The molecule has 6 N–H and O–H groups in total. The quantitative estimate of drug-likeness (QED) is 0.109. The topological polar surface area (TPSA) is 253 Å². The minimum Gasteiger partial charge on any atom is -0.478 e. The van der Waals surface area contributed by atoms with Crippen LogP contribution in [0.5, 0.6) is 0 Å². The van der Waals surface area contributed by atoms with E-state index in [0.717, 1.165) is 40.6 Å². The number of amides is 1. The summed E-state index contributed by atoms with van der Waals surface area (Å²) in [7, 11) is 0. The summed E-state index contributed by atoms with van der Waals surface area (Å²) in [6.45, 7) is 4.43. The summed E-state index contributed by atoms with van der Waals surface area (Å²) < 4.78 is 9.80. The number of hydrogen-bond donors (Lipinski definition) is 5. The van der Waals surface area contributed by atoms with Gasteiger partial charge in [-0.3, -0.25) is 15.0 Å². The van der Waals surface area contributed by atoms with Crippen LogP contribution < -0.4 is 11.1 Å². The number of nitrogens with one attached hydrogen (secondary N) is 3. The molecule has 0 spiro atoms. The molecule has 0 saturated heterocycles. The van der Waals surface area contributed by atoms with Crippen molar-refractivity contribution in [3.05, 3.63) is 144 Å². The molecule has 4 aromatic heterocycles. The zero-order valence-corrected chi connectivity index (χ0v) is 31.0. The maximum atomic E-state index is 12.4. The van der Waals surface area contributed by atoms with E-state index in [-0.39, 0.29) is 11.5 Å². The van der Waals surface area contributed by atoms with Gasteiger partial charge in [-0.05, 0) is 30.8 Å². The van der Waals surface area contributed by atoms with Gasteiger partial charge in [0.1, 0.15) is 11.6 Å². The Hall–Kier alpha value is -7.66. The van der Waals surface area contributed by atoms with Crippen molar-refractivity contribution in [2.24, 2.45) is 5.73 Å². The van der Waals surface area contributed by atoms with Gasteiger partial charge in [0.05, 0.1) is 5.56 Å². The highest BCUT2D eigenvalue weighted by molar-refractivity contribution is 5.95. The fourth-order valence-electron chi connectivity index (χ4n) is 5.20. The van der Waals surface area contributed by atoms with Crippen LogP contribution in [-0.4, -0.2) is 80.7 Å². The zero-order valence-electron chi connectivity index (χ0n) is 31.0. The summed E-state index contributed by atoms with van der Waals surface area (Å²) in [5.74, 6) is 3.57. The van der Waals surface area contributed by atoms with Crippen molar-refractivity contribution in [3.8, 4) is 45.6 Å². The number of carbonyl (C=O) groups excluding carboxylic acids is 1. The number of carbonyl (C=O) groups is 2. The highest BCUT2D eigenvalue weighted by atomic mass is 16.5. The Morgan fingerprint density at radius 1 is 0.614 bits per heavy atom. The third kappa shape index (κ3) is 11.0. The van der Waals surface area contributed by atoms with Gasteiger partial charge in [-0.1, -0.05) is 95.2 Å². The van der Waals surface area contributed by atoms with E-state index < -0.39 is 5.97 Å². The van der Waals surface area contributed by atoms with Crippen LogP contribution in [0.3, 0.4) is 0 Å². The van der Waals surface area contributed by atoms with Crippen molar-refractivity contribution in [2.45, 2.75) is 26.7 Å². The highest BCUT2D eigenvalue weighted by Gasteiger charge is 2.12. The van der Waals surface area contributed by atoms with Gasteiger partial charge in [-0.2, -0.15) is 20.2 Å². The van der Waals surface area contributed by atoms with E-state index in [0.29, 0.717) is 59.9 Å². The molecule has 288 valence electrons. The maximum Gasteiger partial charge on any atom is 0.335 e. The van der Waals surface area contributed by atoms with Gasteiger partial charge in [-0.15, -0.1) is 0 Å². The average molecular weight is 767 g/mol. The second-order valence-electron chi connectivity index (χ2n) is 12.2. The number of aryl methyl sites for hydroxylation is 2. The van der Waals surface area contributed by atoms with Crippen molar-refractivity contribution >= 4 is 11.9 Å². The number of carboxylic acids is 1. The lowest BCUT2D eigenvalue weighted by Gasteiger charge is -2.05. The largest absolute Gasteiger partial charge is 0.478 e. The molecule has 8 rings (SSSR count). The Kier molecular flexibility index (Phi) is 13.1. The van der Waals surface area contributed by atoms with Crippen LogP contribution in [0.25, 0.3) is 45.6 Å². The van der Waals surface area contributed by atoms with Crippen molar-refractivity contribution < 1.29 is 23.7 Å². The van der Waals surface area contributed by atoms with E-state index in [1.165, 1.54) is 12.1 Å².